The lowest BCUT2D eigenvalue weighted by Crippen LogP contribution is -2.34. The molecule has 2 rings (SSSR count). The Morgan fingerprint density at radius 3 is 2.62 bits per heavy atom. The van der Waals surface area contributed by atoms with Gasteiger partial charge in [0.15, 0.2) is 0 Å². The fraction of sp³-hybridized carbons (Fsp3) is 0.286. The Morgan fingerprint density at radius 2 is 2.05 bits per heavy atom. The van der Waals surface area contributed by atoms with Gasteiger partial charge in [0, 0.05) is 15.8 Å². The Balaban J connectivity index is 2.17. The number of hydrogen-bond donors (Lipinski definition) is 2. The highest BCUT2D eigenvalue weighted by molar-refractivity contribution is 7.89. The van der Waals surface area contributed by atoms with E-state index in [-0.39, 0.29) is 11.7 Å². The minimum Gasteiger partial charge on any atom is -0.398 e. The number of hydrogen-bond acceptors (Lipinski definition) is 4. The second kappa shape index (κ2) is 6.13. The first-order chi connectivity index (χ1) is 9.79. The lowest BCUT2D eigenvalue weighted by Gasteiger charge is -2.15. The summed E-state index contributed by atoms with van der Waals surface area (Å²) in [4.78, 5) is 1.75. The number of halogens is 1. The van der Waals surface area contributed by atoms with Crippen LogP contribution in [0.25, 0.3) is 0 Å². The Hall–Kier alpha value is -1.44. The zero-order chi connectivity index (χ0) is 15.6. The van der Waals surface area contributed by atoms with E-state index >= 15 is 0 Å². The van der Waals surface area contributed by atoms with Crippen LogP contribution in [0, 0.1) is 12.7 Å². The van der Waals surface area contributed by atoms with Gasteiger partial charge in [0.05, 0.1) is 5.69 Å². The van der Waals surface area contributed by atoms with Crippen molar-refractivity contribution in [3.8, 4) is 0 Å². The molecule has 1 aromatic carbocycles. The fourth-order valence-electron chi connectivity index (χ4n) is 2.07. The van der Waals surface area contributed by atoms with Gasteiger partial charge in [0.1, 0.15) is 10.7 Å². The normalized spacial score (nSPS) is 13.3. The monoisotopic (exact) mass is 328 g/mol. The number of rotatable bonds is 5. The summed E-state index contributed by atoms with van der Waals surface area (Å²) in [6, 6.07) is 7.41. The van der Waals surface area contributed by atoms with Gasteiger partial charge >= 0.3 is 0 Å². The fourth-order valence-corrected chi connectivity index (χ4v) is 4.52. The average Bonchev–Trinajstić information content (AvgIpc) is 2.72. The van der Waals surface area contributed by atoms with E-state index in [0.717, 1.165) is 10.9 Å². The van der Waals surface area contributed by atoms with E-state index in [1.165, 1.54) is 17.0 Å². The van der Waals surface area contributed by atoms with Gasteiger partial charge in [-0.3, -0.25) is 0 Å². The van der Waals surface area contributed by atoms with Crippen LogP contribution in [0.4, 0.5) is 10.1 Å². The van der Waals surface area contributed by atoms with Gasteiger partial charge in [0.25, 0.3) is 0 Å². The van der Waals surface area contributed by atoms with E-state index in [4.69, 9.17) is 5.73 Å². The van der Waals surface area contributed by atoms with Crippen LogP contribution in [0.3, 0.4) is 0 Å². The van der Waals surface area contributed by atoms with Crippen LogP contribution in [0.1, 0.15) is 16.7 Å². The first-order valence-corrected chi connectivity index (χ1v) is 8.71. The van der Waals surface area contributed by atoms with E-state index in [9.17, 15) is 12.8 Å². The summed E-state index contributed by atoms with van der Waals surface area (Å²) in [6.07, 6.45) is 0.548. The third-order valence-corrected chi connectivity index (χ3v) is 5.63. The number of nitrogen functional groups attached to an aromatic ring is 1. The third-order valence-electron chi connectivity index (χ3n) is 2.93. The molecule has 2 aromatic rings. The first-order valence-electron chi connectivity index (χ1n) is 6.41. The van der Waals surface area contributed by atoms with Crippen molar-refractivity contribution in [2.75, 3.05) is 5.73 Å². The maximum Gasteiger partial charge on any atom is 0.245 e. The summed E-state index contributed by atoms with van der Waals surface area (Å²) >= 11 is 1.61. The molecule has 7 heteroatoms. The molecule has 1 unspecified atom stereocenters. The standard InChI is InChI=1S/C14H17FN2O2S2/c1-9(8-11-7-6-10(2)20-11)17-21(18,19)14-12(15)4-3-5-13(14)16/h3-7,9,17H,8,16H2,1-2H3. The van der Waals surface area contributed by atoms with Crippen molar-refractivity contribution >= 4 is 27.0 Å². The van der Waals surface area contributed by atoms with E-state index in [2.05, 4.69) is 4.72 Å². The molecule has 1 aromatic heterocycles. The largest absolute Gasteiger partial charge is 0.398 e. The summed E-state index contributed by atoms with van der Waals surface area (Å²) < 4.78 is 40.7. The summed E-state index contributed by atoms with van der Waals surface area (Å²) in [6.45, 7) is 3.73. The van der Waals surface area contributed by atoms with Crippen LogP contribution in [0.5, 0.6) is 0 Å². The predicted molar refractivity (Wildman–Crippen MR) is 83.4 cm³/mol. The van der Waals surface area contributed by atoms with Crippen LogP contribution in [-0.2, 0) is 16.4 Å². The van der Waals surface area contributed by atoms with Gasteiger partial charge in [-0.25, -0.2) is 17.5 Å². The van der Waals surface area contributed by atoms with Gasteiger partial charge in [0.2, 0.25) is 10.0 Å². The van der Waals surface area contributed by atoms with Crippen molar-refractivity contribution in [1.82, 2.24) is 4.72 Å². The second-order valence-corrected chi connectivity index (χ2v) is 7.92. The average molecular weight is 328 g/mol. The molecule has 1 atom stereocenters. The molecule has 3 N–H and O–H groups in total. The van der Waals surface area contributed by atoms with Gasteiger partial charge in [-0.05, 0) is 44.5 Å². The van der Waals surface area contributed by atoms with Crippen molar-refractivity contribution in [3.05, 3.63) is 45.9 Å². The topological polar surface area (TPSA) is 72.2 Å². The van der Waals surface area contributed by atoms with E-state index < -0.39 is 20.7 Å². The zero-order valence-electron chi connectivity index (χ0n) is 11.8. The molecular formula is C14H17FN2O2S2. The molecule has 0 saturated heterocycles. The summed E-state index contributed by atoms with van der Waals surface area (Å²) in [5.74, 6) is -0.846. The molecule has 4 nitrogen and oxygen atoms in total. The van der Waals surface area contributed by atoms with Gasteiger partial charge < -0.3 is 5.73 Å². The molecule has 0 radical (unpaired) electrons. The summed E-state index contributed by atoms with van der Waals surface area (Å²) in [5, 5.41) is 0. The molecule has 0 amide bonds. The van der Waals surface area contributed by atoms with Crippen molar-refractivity contribution in [2.24, 2.45) is 0 Å². The third kappa shape index (κ3) is 3.81. The molecule has 0 saturated carbocycles. The van der Waals surface area contributed by atoms with E-state index in [1.807, 2.05) is 19.1 Å². The molecule has 0 spiro atoms. The van der Waals surface area contributed by atoms with Crippen LogP contribution in [0.15, 0.2) is 35.2 Å². The number of nitrogens with two attached hydrogens (primary N) is 1. The van der Waals surface area contributed by atoms with Crippen molar-refractivity contribution in [1.29, 1.82) is 0 Å². The highest BCUT2D eigenvalue weighted by atomic mass is 32.2. The maximum absolute atomic E-state index is 13.7. The highest BCUT2D eigenvalue weighted by Gasteiger charge is 2.24. The summed E-state index contributed by atoms with van der Waals surface area (Å²) in [7, 11) is -3.98. The molecule has 114 valence electrons. The zero-order valence-corrected chi connectivity index (χ0v) is 13.4. The van der Waals surface area contributed by atoms with E-state index in [1.54, 1.807) is 18.3 Å². The SMILES string of the molecule is Cc1ccc(CC(C)NS(=O)(=O)c2c(N)cccc2F)s1. The smallest absolute Gasteiger partial charge is 0.245 e. The number of anilines is 1. The van der Waals surface area contributed by atoms with Crippen molar-refractivity contribution in [2.45, 2.75) is 31.2 Å². The number of nitrogens with one attached hydrogen (secondary N) is 1. The lowest BCUT2D eigenvalue weighted by molar-refractivity contribution is 0.544. The molecule has 0 aliphatic carbocycles. The second-order valence-electron chi connectivity index (χ2n) is 4.90. The number of thiophene rings is 1. The highest BCUT2D eigenvalue weighted by Crippen LogP contribution is 2.22. The van der Waals surface area contributed by atoms with Crippen LogP contribution < -0.4 is 10.5 Å². The predicted octanol–water partition coefficient (Wildman–Crippen LogP) is 2.69. The molecule has 0 aliphatic heterocycles. The Morgan fingerprint density at radius 1 is 1.33 bits per heavy atom. The van der Waals surface area contributed by atoms with Gasteiger partial charge in [-0.2, -0.15) is 0 Å². The van der Waals surface area contributed by atoms with Crippen LogP contribution in [-0.4, -0.2) is 14.5 Å². The molecule has 0 aliphatic rings. The van der Waals surface area contributed by atoms with Crippen molar-refractivity contribution in [3.63, 3.8) is 0 Å². The van der Waals surface area contributed by atoms with Gasteiger partial charge in [-0.15, -0.1) is 11.3 Å². The maximum atomic E-state index is 13.7. The van der Waals surface area contributed by atoms with Crippen molar-refractivity contribution < 1.29 is 12.8 Å². The Labute approximate surface area is 127 Å². The molecule has 0 fully saturated rings. The van der Waals surface area contributed by atoms with Crippen LogP contribution in [0.2, 0.25) is 0 Å². The molecule has 0 bridgehead atoms. The molecular weight excluding hydrogens is 311 g/mol. The number of aryl methyl sites for hydroxylation is 1. The molecule has 1 heterocycles. The summed E-state index contributed by atoms with van der Waals surface area (Å²) in [5.41, 5.74) is 5.49. The quantitative estimate of drug-likeness (QED) is 0.829. The van der Waals surface area contributed by atoms with Crippen LogP contribution >= 0.6 is 11.3 Å². The Kier molecular flexibility index (Phi) is 4.65. The van der Waals surface area contributed by atoms with E-state index in [0.29, 0.717) is 6.42 Å². The Bertz CT molecular complexity index is 721. The molecule has 21 heavy (non-hydrogen) atoms. The lowest BCUT2D eigenvalue weighted by atomic mass is 10.2. The minimum atomic E-state index is -3.98. The minimum absolute atomic E-state index is 0.0957. The number of benzene rings is 1. The first kappa shape index (κ1) is 15.9. The van der Waals surface area contributed by atoms with Gasteiger partial charge in [-0.1, -0.05) is 6.07 Å². The number of sulfonamides is 1.